The van der Waals surface area contributed by atoms with Gasteiger partial charge in [-0.1, -0.05) is 133 Å². The third kappa shape index (κ3) is 3.28. The number of aromatic nitrogens is 1. The minimum Gasteiger partial charge on any atom is -0.256 e. The number of para-hydroxylation sites is 1. The van der Waals surface area contributed by atoms with Crippen LogP contribution in [0.4, 0.5) is 0 Å². The minimum atomic E-state index is 1.02. The largest absolute Gasteiger partial charge is 0.256 e. The van der Waals surface area contributed by atoms with Crippen LogP contribution in [0.5, 0.6) is 0 Å². The van der Waals surface area contributed by atoms with Crippen molar-refractivity contribution in [2.75, 3.05) is 0 Å². The van der Waals surface area contributed by atoms with Crippen molar-refractivity contribution in [2.24, 2.45) is 0 Å². The van der Waals surface area contributed by atoms with Crippen LogP contribution < -0.4 is 0 Å². The summed E-state index contributed by atoms with van der Waals surface area (Å²) < 4.78 is 0. The van der Waals surface area contributed by atoms with Crippen LogP contribution in [0.3, 0.4) is 0 Å². The summed E-state index contributed by atoms with van der Waals surface area (Å²) in [6.45, 7) is 0. The molecule has 1 nitrogen and oxygen atoms in total. The third-order valence-electron chi connectivity index (χ3n) is 8.82. The lowest BCUT2D eigenvalue weighted by Gasteiger charge is -2.20. The second kappa shape index (κ2) is 8.99. The van der Waals surface area contributed by atoms with E-state index >= 15 is 0 Å². The Bertz CT molecular complexity index is 2240. The van der Waals surface area contributed by atoms with Crippen molar-refractivity contribution >= 4 is 32.4 Å². The van der Waals surface area contributed by atoms with E-state index in [2.05, 4.69) is 140 Å². The molecule has 1 heterocycles. The van der Waals surface area contributed by atoms with Crippen LogP contribution in [0.15, 0.2) is 152 Å². The van der Waals surface area contributed by atoms with Gasteiger partial charge in [0.15, 0.2) is 0 Å². The van der Waals surface area contributed by atoms with Gasteiger partial charge in [-0.3, -0.25) is 4.98 Å². The zero-order chi connectivity index (χ0) is 27.6. The van der Waals surface area contributed by atoms with E-state index in [1.165, 1.54) is 71.6 Å². The van der Waals surface area contributed by atoms with E-state index in [0.717, 1.165) is 16.5 Å². The van der Waals surface area contributed by atoms with Gasteiger partial charge in [0.05, 0.1) is 5.52 Å². The second-order valence-electron chi connectivity index (χ2n) is 11.1. The van der Waals surface area contributed by atoms with E-state index in [1.807, 2.05) is 12.3 Å². The quantitative estimate of drug-likeness (QED) is 0.221. The Balaban J connectivity index is 1.44. The van der Waals surface area contributed by atoms with Crippen molar-refractivity contribution in [2.45, 2.75) is 0 Å². The smallest absolute Gasteiger partial charge is 0.0702 e. The topological polar surface area (TPSA) is 12.9 Å². The minimum absolute atomic E-state index is 1.02. The Kier molecular flexibility index (Phi) is 4.97. The summed E-state index contributed by atoms with van der Waals surface area (Å²) in [7, 11) is 0. The van der Waals surface area contributed by atoms with Gasteiger partial charge in [0.25, 0.3) is 0 Å². The molecule has 7 aromatic carbocycles. The second-order valence-corrected chi connectivity index (χ2v) is 11.1. The van der Waals surface area contributed by atoms with Gasteiger partial charge in [-0.2, -0.15) is 0 Å². The molecule has 0 spiro atoms. The molecule has 0 fully saturated rings. The van der Waals surface area contributed by atoms with Gasteiger partial charge < -0.3 is 0 Å². The molecular weight excluding hydrogens is 506 g/mol. The van der Waals surface area contributed by atoms with Gasteiger partial charge in [-0.25, -0.2) is 0 Å². The van der Waals surface area contributed by atoms with Crippen molar-refractivity contribution in [1.82, 2.24) is 4.98 Å². The molecule has 0 radical (unpaired) electrons. The molecule has 194 valence electrons. The van der Waals surface area contributed by atoms with Gasteiger partial charge in [-0.05, 0) is 83.7 Å². The molecule has 0 unspecified atom stereocenters. The summed E-state index contributed by atoms with van der Waals surface area (Å²) in [6, 6.07) is 52.8. The lowest BCUT2D eigenvalue weighted by atomic mass is 9.82. The number of hydrogen-bond donors (Lipinski definition) is 0. The van der Waals surface area contributed by atoms with Crippen molar-refractivity contribution in [1.29, 1.82) is 0 Å². The van der Waals surface area contributed by atoms with Crippen LogP contribution in [-0.2, 0) is 0 Å². The van der Waals surface area contributed by atoms with E-state index in [4.69, 9.17) is 4.98 Å². The summed E-state index contributed by atoms with van der Waals surface area (Å²) in [6.07, 6.45) is 2.02. The first-order valence-electron chi connectivity index (χ1n) is 14.5. The Labute approximate surface area is 244 Å². The number of pyridine rings is 1. The highest BCUT2D eigenvalue weighted by Gasteiger charge is 2.31. The fourth-order valence-electron chi connectivity index (χ4n) is 7.08. The van der Waals surface area contributed by atoms with Crippen LogP contribution in [0.25, 0.3) is 88.1 Å². The van der Waals surface area contributed by atoms with E-state index in [-0.39, 0.29) is 0 Å². The summed E-state index contributed by atoms with van der Waals surface area (Å²) in [4.78, 5) is 4.81. The average Bonchev–Trinajstić information content (AvgIpc) is 3.39. The predicted molar refractivity (Wildman–Crippen MR) is 177 cm³/mol. The van der Waals surface area contributed by atoms with Crippen LogP contribution in [0.1, 0.15) is 0 Å². The molecule has 1 aliphatic rings. The van der Waals surface area contributed by atoms with Crippen molar-refractivity contribution in [3.8, 4) is 55.6 Å². The molecule has 0 saturated heterocycles. The molecule has 0 saturated carbocycles. The fraction of sp³-hybridized carbons (Fsp3) is 0. The summed E-state index contributed by atoms with van der Waals surface area (Å²) in [5, 5.41) is 6.31. The molecule has 1 heteroatoms. The van der Waals surface area contributed by atoms with Gasteiger partial charge >= 0.3 is 0 Å². The highest BCUT2D eigenvalue weighted by molar-refractivity contribution is 6.28. The SMILES string of the molecule is c1ccc(-c2c3c(c(-c4ccccc4)c4ccccc24)-c2ccc(-c4cnc5ccccc5c4)c4cccc-3c24)cc1. The molecule has 0 aliphatic heterocycles. The molecule has 0 N–H and O–H groups in total. The van der Waals surface area contributed by atoms with Gasteiger partial charge in [0, 0.05) is 17.1 Å². The van der Waals surface area contributed by atoms with E-state index < -0.39 is 0 Å². The first-order valence-corrected chi connectivity index (χ1v) is 14.5. The van der Waals surface area contributed by atoms with Gasteiger partial charge in [0.2, 0.25) is 0 Å². The number of hydrogen-bond acceptors (Lipinski definition) is 1. The maximum Gasteiger partial charge on any atom is 0.0702 e. The molecule has 8 aromatic rings. The maximum atomic E-state index is 4.81. The van der Waals surface area contributed by atoms with Crippen LogP contribution in [0, 0.1) is 0 Å². The van der Waals surface area contributed by atoms with Crippen LogP contribution in [-0.4, -0.2) is 4.98 Å². The predicted octanol–water partition coefficient (Wildman–Crippen LogP) is 11.2. The normalized spacial score (nSPS) is 11.8. The molecule has 9 rings (SSSR count). The fourth-order valence-corrected chi connectivity index (χ4v) is 7.08. The number of rotatable bonds is 3. The Hall–Kier alpha value is -5.53. The molecular formula is C41H25N. The molecule has 0 atom stereocenters. The number of benzene rings is 7. The molecule has 0 bridgehead atoms. The van der Waals surface area contributed by atoms with Gasteiger partial charge in [-0.15, -0.1) is 0 Å². The lowest BCUT2D eigenvalue weighted by molar-refractivity contribution is 1.41. The zero-order valence-corrected chi connectivity index (χ0v) is 22.9. The summed E-state index contributed by atoms with van der Waals surface area (Å²) in [5.74, 6) is 0. The van der Waals surface area contributed by atoms with Gasteiger partial charge in [0.1, 0.15) is 0 Å². The molecule has 1 aromatic heterocycles. The zero-order valence-electron chi connectivity index (χ0n) is 22.9. The molecule has 42 heavy (non-hydrogen) atoms. The van der Waals surface area contributed by atoms with E-state index in [1.54, 1.807) is 0 Å². The molecule has 1 aliphatic carbocycles. The van der Waals surface area contributed by atoms with Crippen LogP contribution in [0.2, 0.25) is 0 Å². The first-order chi connectivity index (χ1) is 20.9. The molecule has 0 amide bonds. The maximum absolute atomic E-state index is 4.81. The van der Waals surface area contributed by atoms with E-state index in [9.17, 15) is 0 Å². The summed E-state index contributed by atoms with van der Waals surface area (Å²) >= 11 is 0. The summed E-state index contributed by atoms with van der Waals surface area (Å²) in [5.41, 5.74) is 13.7. The van der Waals surface area contributed by atoms with Crippen molar-refractivity contribution < 1.29 is 0 Å². The Morgan fingerprint density at radius 2 is 0.905 bits per heavy atom. The Morgan fingerprint density at radius 3 is 1.60 bits per heavy atom. The van der Waals surface area contributed by atoms with Crippen molar-refractivity contribution in [3.05, 3.63) is 152 Å². The standard InChI is InChI=1S/C41H25N/c1-3-12-26(13-4-1)37-32-17-8-9-18-33(32)38(27-14-5-2-6-15-27)41-35-23-22-30(31-19-11-20-34(39(31)35)40(37)41)29-24-28-16-7-10-21-36(28)42-25-29/h1-25H. The third-order valence-corrected chi connectivity index (χ3v) is 8.82. The highest BCUT2D eigenvalue weighted by Crippen LogP contribution is 2.58. The van der Waals surface area contributed by atoms with Crippen molar-refractivity contribution in [3.63, 3.8) is 0 Å². The number of fused-ring (bicyclic) bond motifs is 5. The first kappa shape index (κ1) is 23.2. The number of nitrogens with zero attached hydrogens (tertiary/aromatic N) is 1. The Morgan fingerprint density at radius 1 is 0.357 bits per heavy atom. The highest BCUT2D eigenvalue weighted by atomic mass is 14.6. The average molecular weight is 532 g/mol. The van der Waals surface area contributed by atoms with E-state index in [0.29, 0.717) is 0 Å². The lowest BCUT2D eigenvalue weighted by Crippen LogP contribution is -1.93. The van der Waals surface area contributed by atoms with Crippen LogP contribution >= 0.6 is 0 Å². The monoisotopic (exact) mass is 531 g/mol.